The Balaban J connectivity index is 2.18. The molecule has 15 heavy (non-hydrogen) atoms. The minimum Gasteiger partial charge on any atom is -0.315 e. The summed E-state index contributed by atoms with van der Waals surface area (Å²) in [7, 11) is 0. The summed E-state index contributed by atoms with van der Waals surface area (Å²) in [5, 5.41) is 3.43. The molecule has 0 aliphatic heterocycles. The quantitative estimate of drug-likeness (QED) is 0.585. The molecule has 0 aromatic heterocycles. The Morgan fingerprint density at radius 2 is 2.00 bits per heavy atom. The molecule has 0 aliphatic carbocycles. The molecule has 84 valence electrons. The lowest BCUT2D eigenvalue weighted by atomic mass is 10.2. The first-order chi connectivity index (χ1) is 7.20. The van der Waals surface area contributed by atoms with Crippen LogP contribution in [0.25, 0.3) is 0 Å². The normalized spacial score (nSPS) is 10.9. The second kappa shape index (κ2) is 6.91. The fourth-order valence-corrected chi connectivity index (χ4v) is 2.34. The third-order valence-corrected chi connectivity index (χ3v) is 3.49. The van der Waals surface area contributed by atoms with Crippen molar-refractivity contribution in [1.82, 2.24) is 5.32 Å². The van der Waals surface area contributed by atoms with E-state index in [1.165, 1.54) is 22.6 Å². The van der Waals surface area contributed by atoms with E-state index in [9.17, 15) is 0 Å². The van der Waals surface area contributed by atoms with E-state index in [0.717, 1.165) is 6.54 Å². The number of aryl methyl sites for hydroxylation is 1. The van der Waals surface area contributed by atoms with Gasteiger partial charge in [0.1, 0.15) is 0 Å². The first-order valence-corrected chi connectivity index (χ1v) is 6.60. The van der Waals surface area contributed by atoms with E-state index in [0.29, 0.717) is 6.04 Å². The minimum absolute atomic E-state index is 0.605. The van der Waals surface area contributed by atoms with Crippen LogP contribution in [-0.2, 0) is 0 Å². The summed E-state index contributed by atoms with van der Waals surface area (Å²) in [6.45, 7) is 7.67. The fraction of sp³-hybridized carbons (Fsp3) is 0.538. The number of rotatable bonds is 6. The largest absolute Gasteiger partial charge is 0.315 e. The lowest BCUT2D eigenvalue weighted by Crippen LogP contribution is -2.23. The van der Waals surface area contributed by atoms with Gasteiger partial charge in [-0.2, -0.15) is 0 Å². The predicted octanol–water partition coefficient (Wildman–Crippen LogP) is 3.48. The van der Waals surface area contributed by atoms with Crippen molar-refractivity contribution in [2.75, 3.05) is 12.3 Å². The van der Waals surface area contributed by atoms with Crippen molar-refractivity contribution in [3.63, 3.8) is 0 Å². The van der Waals surface area contributed by atoms with Crippen LogP contribution in [0.2, 0.25) is 0 Å². The Morgan fingerprint density at radius 3 is 2.67 bits per heavy atom. The highest BCUT2D eigenvalue weighted by Gasteiger charge is 1.97. The topological polar surface area (TPSA) is 12.0 Å². The molecule has 2 heteroatoms. The van der Waals surface area contributed by atoms with Gasteiger partial charge < -0.3 is 5.32 Å². The average molecular weight is 223 g/mol. The molecule has 0 spiro atoms. The van der Waals surface area contributed by atoms with Gasteiger partial charge in [-0.25, -0.2) is 0 Å². The van der Waals surface area contributed by atoms with Crippen LogP contribution in [0, 0.1) is 6.92 Å². The van der Waals surface area contributed by atoms with Gasteiger partial charge in [-0.3, -0.25) is 0 Å². The molecule has 0 saturated carbocycles. The van der Waals surface area contributed by atoms with Gasteiger partial charge in [-0.1, -0.05) is 32.0 Å². The fourth-order valence-electron chi connectivity index (χ4n) is 1.36. The van der Waals surface area contributed by atoms with Gasteiger partial charge in [-0.15, -0.1) is 11.8 Å². The molecule has 0 radical (unpaired) electrons. The Kier molecular flexibility index (Phi) is 5.81. The Labute approximate surface area is 97.7 Å². The molecule has 0 fully saturated rings. The van der Waals surface area contributed by atoms with Crippen LogP contribution < -0.4 is 5.32 Å². The van der Waals surface area contributed by atoms with Crippen LogP contribution >= 0.6 is 11.8 Å². The van der Waals surface area contributed by atoms with E-state index in [1.54, 1.807) is 0 Å². The smallest absolute Gasteiger partial charge is 0.0101 e. The van der Waals surface area contributed by atoms with Crippen molar-refractivity contribution < 1.29 is 0 Å². The third-order valence-electron chi connectivity index (χ3n) is 2.22. The first kappa shape index (κ1) is 12.6. The molecule has 0 unspecified atom stereocenters. The van der Waals surface area contributed by atoms with Crippen LogP contribution in [0.3, 0.4) is 0 Å². The molecule has 0 saturated heterocycles. The molecule has 0 bridgehead atoms. The summed E-state index contributed by atoms with van der Waals surface area (Å²) >= 11 is 1.96. The number of hydrogen-bond donors (Lipinski definition) is 1. The second-order valence-corrected chi connectivity index (χ2v) is 5.21. The molecule has 1 rings (SSSR count). The number of hydrogen-bond acceptors (Lipinski definition) is 2. The zero-order valence-electron chi connectivity index (χ0n) is 9.92. The molecule has 0 aliphatic rings. The highest BCUT2D eigenvalue weighted by Crippen LogP contribution is 2.21. The third kappa shape index (κ3) is 5.24. The van der Waals surface area contributed by atoms with E-state index in [-0.39, 0.29) is 0 Å². The second-order valence-electron chi connectivity index (χ2n) is 4.08. The van der Waals surface area contributed by atoms with Crippen LogP contribution in [0.1, 0.15) is 25.8 Å². The van der Waals surface area contributed by atoms with E-state index in [4.69, 9.17) is 0 Å². The summed E-state index contributed by atoms with van der Waals surface area (Å²) in [6, 6.07) is 9.19. The van der Waals surface area contributed by atoms with Crippen LogP contribution in [0.5, 0.6) is 0 Å². The van der Waals surface area contributed by atoms with Crippen LogP contribution in [-0.4, -0.2) is 18.3 Å². The van der Waals surface area contributed by atoms with E-state index >= 15 is 0 Å². The Bertz CT molecular complexity index is 284. The van der Waals surface area contributed by atoms with Crippen molar-refractivity contribution in [3.05, 3.63) is 29.8 Å². The van der Waals surface area contributed by atoms with Crippen molar-refractivity contribution in [2.45, 2.75) is 38.1 Å². The Morgan fingerprint density at radius 1 is 1.27 bits per heavy atom. The van der Waals surface area contributed by atoms with Gasteiger partial charge in [-0.05, 0) is 37.3 Å². The first-order valence-electron chi connectivity index (χ1n) is 5.62. The molecule has 1 N–H and O–H groups in total. The van der Waals surface area contributed by atoms with Gasteiger partial charge in [0.2, 0.25) is 0 Å². The van der Waals surface area contributed by atoms with Gasteiger partial charge in [0.25, 0.3) is 0 Å². The number of nitrogens with one attached hydrogen (secondary N) is 1. The van der Waals surface area contributed by atoms with Gasteiger partial charge >= 0.3 is 0 Å². The molecular formula is C13H21NS. The Hall–Kier alpha value is -0.470. The van der Waals surface area contributed by atoms with Gasteiger partial charge in [0, 0.05) is 10.9 Å². The zero-order valence-corrected chi connectivity index (χ0v) is 10.7. The van der Waals surface area contributed by atoms with Gasteiger partial charge in [0.05, 0.1) is 0 Å². The summed E-state index contributed by atoms with van der Waals surface area (Å²) < 4.78 is 0. The summed E-state index contributed by atoms with van der Waals surface area (Å²) in [4.78, 5) is 1.42. The van der Waals surface area contributed by atoms with Crippen molar-refractivity contribution in [3.8, 4) is 0 Å². The highest BCUT2D eigenvalue weighted by atomic mass is 32.2. The molecule has 1 nitrogen and oxygen atoms in total. The minimum atomic E-state index is 0.605. The molecule has 0 heterocycles. The van der Waals surface area contributed by atoms with Crippen molar-refractivity contribution in [2.24, 2.45) is 0 Å². The maximum atomic E-state index is 3.43. The zero-order chi connectivity index (χ0) is 11.1. The van der Waals surface area contributed by atoms with E-state index in [1.807, 2.05) is 11.8 Å². The SMILES string of the molecule is Cc1ccccc1SCCCNC(C)C. The van der Waals surface area contributed by atoms with Crippen molar-refractivity contribution in [1.29, 1.82) is 0 Å². The van der Waals surface area contributed by atoms with Crippen molar-refractivity contribution >= 4 is 11.8 Å². The molecule has 0 atom stereocenters. The summed E-state index contributed by atoms with van der Waals surface area (Å²) in [6.07, 6.45) is 1.23. The number of benzene rings is 1. The maximum absolute atomic E-state index is 3.43. The molecule has 1 aromatic carbocycles. The lowest BCUT2D eigenvalue weighted by Gasteiger charge is -2.08. The van der Waals surface area contributed by atoms with E-state index in [2.05, 4.69) is 50.4 Å². The highest BCUT2D eigenvalue weighted by molar-refractivity contribution is 7.99. The number of thioether (sulfide) groups is 1. The molecular weight excluding hydrogens is 202 g/mol. The standard InChI is InChI=1S/C13H21NS/c1-11(2)14-9-6-10-15-13-8-5-4-7-12(13)3/h4-5,7-8,11,14H,6,9-10H2,1-3H3. The van der Waals surface area contributed by atoms with Crippen LogP contribution in [0.4, 0.5) is 0 Å². The maximum Gasteiger partial charge on any atom is 0.0101 e. The monoisotopic (exact) mass is 223 g/mol. The summed E-state index contributed by atoms with van der Waals surface area (Å²) in [5.41, 5.74) is 1.39. The molecule has 0 amide bonds. The van der Waals surface area contributed by atoms with Gasteiger partial charge in [0.15, 0.2) is 0 Å². The summed E-state index contributed by atoms with van der Waals surface area (Å²) in [5.74, 6) is 1.20. The average Bonchev–Trinajstić information content (AvgIpc) is 2.20. The lowest BCUT2D eigenvalue weighted by molar-refractivity contribution is 0.586. The predicted molar refractivity (Wildman–Crippen MR) is 69.7 cm³/mol. The molecule has 1 aromatic rings. The van der Waals surface area contributed by atoms with Crippen LogP contribution in [0.15, 0.2) is 29.2 Å². The van der Waals surface area contributed by atoms with E-state index < -0.39 is 0 Å².